The number of H-pyrrole nitrogens is 1. The Morgan fingerprint density at radius 2 is 2.22 bits per heavy atom. The Kier molecular flexibility index (Phi) is 4.54. The monoisotopic (exact) mass is 424 g/mol. The zero-order valence-electron chi connectivity index (χ0n) is 15.0. The van der Waals surface area contributed by atoms with Gasteiger partial charge in [-0.3, -0.25) is 9.12 Å². The van der Waals surface area contributed by atoms with Crippen LogP contribution in [0.2, 0.25) is 0 Å². The first-order valence-electron chi connectivity index (χ1n) is 9.49. The first-order valence-corrected chi connectivity index (χ1v) is 11.2. The van der Waals surface area contributed by atoms with Gasteiger partial charge in [0.05, 0.1) is 11.7 Å². The predicted molar refractivity (Wildman–Crippen MR) is 110 cm³/mol. The van der Waals surface area contributed by atoms with Crippen LogP contribution in [0, 0.1) is 11.8 Å². The van der Waals surface area contributed by atoms with Crippen LogP contribution in [0.1, 0.15) is 44.3 Å². The highest BCUT2D eigenvalue weighted by Crippen LogP contribution is 2.54. The molecule has 0 spiro atoms. The van der Waals surface area contributed by atoms with Gasteiger partial charge in [0.1, 0.15) is 10.2 Å². The lowest BCUT2D eigenvalue weighted by Gasteiger charge is -2.16. The molecule has 0 aliphatic heterocycles. The van der Waals surface area contributed by atoms with Gasteiger partial charge < -0.3 is 4.98 Å². The molecule has 2 fully saturated rings. The summed E-state index contributed by atoms with van der Waals surface area (Å²) in [7, 11) is 0. The van der Waals surface area contributed by atoms with Gasteiger partial charge in [-0.1, -0.05) is 25.3 Å². The molecule has 0 aromatic carbocycles. The number of nitrogens with one attached hydrogen (secondary N) is 2. The van der Waals surface area contributed by atoms with Crippen LogP contribution in [0.5, 0.6) is 0 Å². The molecule has 2 saturated carbocycles. The van der Waals surface area contributed by atoms with E-state index in [4.69, 9.17) is 23.2 Å². The number of alkyl halides is 2. The molecule has 0 bridgehead atoms. The maximum absolute atomic E-state index is 6.13. The number of fused-ring (bicyclic) bond motifs is 3. The van der Waals surface area contributed by atoms with E-state index in [1.54, 1.807) is 18.1 Å². The number of aromatic nitrogens is 5. The highest BCUT2D eigenvalue weighted by Gasteiger charge is 2.51. The summed E-state index contributed by atoms with van der Waals surface area (Å²) in [6, 6.07) is 2.52. The molecule has 3 aromatic heterocycles. The van der Waals surface area contributed by atoms with Gasteiger partial charge in [0, 0.05) is 29.8 Å². The van der Waals surface area contributed by atoms with Crippen LogP contribution < -0.4 is 4.72 Å². The Morgan fingerprint density at radius 3 is 3.00 bits per heavy atom. The van der Waals surface area contributed by atoms with Gasteiger partial charge in [-0.25, -0.2) is 4.98 Å². The third-order valence-electron chi connectivity index (χ3n) is 6.01. The van der Waals surface area contributed by atoms with Crippen LogP contribution in [0.25, 0.3) is 16.8 Å². The molecule has 6 nitrogen and oxygen atoms in total. The fraction of sp³-hybridized carbons (Fsp3) is 0.611. The number of hydrogen-bond acceptors (Lipinski definition) is 5. The molecule has 3 heterocycles. The Labute approximate surface area is 171 Å². The molecule has 0 saturated heterocycles. The van der Waals surface area contributed by atoms with E-state index in [0.717, 1.165) is 54.1 Å². The lowest BCUT2D eigenvalue weighted by atomic mass is 9.93. The predicted octanol–water partition coefficient (Wildman–Crippen LogP) is 4.31. The Hall–Kier alpha value is -1.02. The minimum absolute atomic E-state index is 0.393. The van der Waals surface area contributed by atoms with Crippen LogP contribution in [-0.4, -0.2) is 40.7 Å². The molecule has 0 radical (unpaired) electrons. The summed E-state index contributed by atoms with van der Waals surface area (Å²) in [4.78, 5) is 7.60. The van der Waals surface area contributed by atoms with Crippen molar-refractivity contribution in [3.05, 3.63) is 24.3 Å². The molecular formula is C18H22Cl2N6S. The van der Waals surface area contributed by atoms with Crippen molar-refractivity contribution in [2.45, 2.75) is 48.9 Å². The summed E-state index contributed by atoms with van der Waals surface area (Å²) in [5, 5.41) is 8.94. The molecular weight excluding hydrogens is 403 g/mol. The quantitative estimate of drug-likeness (QED) is 0.455. The van der Waals surface area contributed by atoms with E-state index in [-0.39, 0.29) is 0 Å². The molecule has 2 aliphatic rings. The van der Waals surface area contributed by atoms with Crippen molar-refractivity contribution >= 4 is 52.0 Å². The second-order valence-electron chi connectivity index (χ2n) is 7.76. The lowest BCUT2D eigenvalue weighted by Crippen LogP contribution is -2.20. The van der Waals surface area contributed by atoms with Crippen molar-refractivity contribution in [1.82, 2.24) is 29.3 Å². The lowest BCUT2D eigenvalue weighted by molar-refractivity contribution is 0.449. The minimum Gasteiger partial charge on any atom is -0.345 e. The van der Waals surface area contributed by atoms with Crippen molar-refractivity contribution in [2.75, 3.05) is 5.75 Å². The number of hydrogen-bond donors (Lipinski definition) is 2. The highest BCUT2D eigenvalue weighted by molar-refractivity contribution is 7.97. The van der Waals surface area contributed by atoms with Gasteiger partial charge in [0.15, 0.2) is 11.3 Å². The van der Waals surface area contributed by atoms with Crippen LogP contribution >= 0.6 is 35.1 Å². The van der Waals surface area contributed by atoms with Gasteiger partial charge >= 0.3 is 0 Å². The number of nitrogens with zero attached hydrogens (tertiary/aromatic N) is 4. The third-order valence-corrected chi connectivity index (χ3v) is 8.00. The molecule has 27 heavy (non-hydrogen) atoms. The summed E-state index contributed by atoms with van der Waals surface area (Å²) >= 11 is 14.0. The van der Waals surface area contributed by atoms with Crippen molar-refractivity contribution in [3.8, 4) is 0 Å². The van der Waals surface area contributed by atoms with Gasteiger partial charge in [-0.15, -0.1) is 33.4 Å². The van der Waals surface area contributed by atoms with E-state index in [0.29, 0.717) is 23.8 Å². The van der Waals surface area contributed by atoms with Gasteiger partial charge in [-0.2, -0.15) is 0 Å². The number of rotatable bonds is 6. The summed E-state index contributed by atoms with van der Waals surface area (Å²) in [6.45, 7) is 2.27. The summed E-state index contributed by atoms with van der Waals surface area (Å²) < 4.78 is 5.33. The molecule has 2 N–H and O–H groups in total. The number of halogens is 2. The van der Waals surface area contributed by atoms with Gasteiger partial charge in [0.25, 0.3) is 0 Å². The van der Waals surface area contributed by atoms with E-state index in [2.05, 4.69) is 36.2 Å². The minimum atomic E-state index is -0.491. The second kappa shape index (κ2) is 6.79. The van der Waals surface area contributed by atoms with Crippen LogP contribution in [0.3, 0.4) is 0 Å². The molecule has 9 heteroatoms. The zero-order valence-corrected chi connectivity index (χ0v) is 17.4. The average Bonchev–Trinajstić information content (AvgIpc) is 3.13. The SMILES string of the molecule is CCC1CC(NSCC2CC2(Cl)Cl)CC1c1nnc2cnc3[nH]ccc3n12. The average molecular weight is 425 g/mol. The molecule has 4 atom stereocenters. The topological polar surface area (TPSA) is 70.9 Å². The van der Waals surface area contributed by atoms with Gasteiger partial charge in [0.2, 0.25) is 0 Å². The van der Waals surface area contributed by atoms with E-state index in [1.807, 2.05) is 12.3 Å². The van der Waals surface area contributed by atoms with Crippen molar-refractivity contribution in [3.63, 3.8) is 0 Å². The summed E-state index contributed by atoms with van der Waals surface area (Å²) in [5.74, 6) is 3.42. The molecule has 5 rings (SSSR count). The maximum atomic E-state index is 6.13. The van der Waals surface area contributed by atoms with Gasteiger partial charge in [-0.05, 0) is 31.2 Å². The molecule has 3 aromatic rings. The van der Waals surface area contributed by atoms with E-state index in [1.165, 1.54) is 0 Å². The van der Waals surface area contributed by atoms with E-state index < -0.39 is 4.33 Å². The maximum Gasteiger partial charge on any atom is 0.179 e. The second-order valence-corrected chi connectivity index (χ2v) is 10.2. The van der Waals surface area contributed by atoms with Crippen LogP contribution in [0.4, 0.5) is 0 Å². The molecule has 4 unspecified atom stereocenters. The Bertz CT molecular complexity index is 969. The smallest absolute Gasteiger partial charge is 0.179 e. The first kappa shape index (κ1) is 18.0. The third kappa shape index (κ3) is 3.22. The normalized spacial score (nSPS) is 29.7. The summed E-state index contributed by atoms with van der Waals surface area (Å²) in [5.41, 5.74) is 2.73. The largest absolute Gasteiger partial charge is 0.345 e. The van der Waals surface area contributed by atoms with E-state index >= 15 is 0 Å². The van der Waals surface area contributed by atoms with Crippen molar-refractivity contribution in [2.24, 2.45) is 11.8 Å². The number of aromatic amines is 1. The Balaban J connectivity index is 1.35. The summed E-state index contributed by atoms with van der Waals surface area (Å²) in [6.07, 6.45) is 7.97. The van der Waals surface area contributed by atoms with E-state index in [9.17, 15) is 0 Å². The fourth-order valence-corrected chi connectivity index (χ4v) is 6.18. The van der Waals surface area contributed by atoms with Crippen LogP contribution in [-0.2, 0) is 0 Å². The standard InChI is InChI=1S/C18H22Cl2N6S/c1-2-10-5-12(25-27-9-11-7-18(11,19)20)6-13(10)17-24-23-15-8-22-16-14(26(15)17)3-4-21-16/h3-4,8,10-13,21,25H,2,5-7,9H2,1H3. The molecule has 144 valence electrons. The van der Waals surface area contributed by atoms with Crippen molar-refractivity contribution < 1.29 is 0 Å². The highest BCUT2D eigenvalue weighted by atomic mass is 35.5. The Morgan fingerprint density at radius 1 is 1.37 bits per heavy atom. The van der Waals surface area contributed by atoms with Crippen molar-refractivity contribution in [1.29, 1.82) is 0 Å². The molecule has 2 aliphatic carbocycles. The zero-order chi connectivity index (χ0) is 18.6. The van der Waals surface area contributed by atoms with Crippen LogP contribution in [0.15, 0.2) is 18.5 Å². The fourth-order valence-electron chi connectivity index (χ4n) is 4.34. The first-order chi connectivity index (χ1) is 13.1. The molecule has 0 amide bonds.